The van der Waals surface area contributed by atoms with Crippen LogP contribution in [0.15, 0.2) is 46.9 Å². The quantitative estimate of drug-likeness (QED) is 0.665. The van der Waals surface area contributed by atoms with Crippen LogP contribution < -0.4 is 15.4 Å². The summed E-state index contributed by atoms with van der Waals surface area (Å²) in [5.74, 6) is 0.516. The molecule has 0 saturated carbocycles. The molecule has 2 aromatic rings. The van der Waals surface area contributed by atoms with Gasteiger partial charge in [0.1, 0.15) is 5.75 Å². The van der Waals surface area contributed by atoms with Crippen LogP contribution in [-0.4, -0.2) is 30.4 Å². The van der Waals surface area contributed by atoms with E-state index >= 15 is 0 Å². The number of benzene rings is 2. The van der Waals surface area contributed by atoms with Gasteiger partial charge in [-0.1, -0.05) is 33.6 Å². The van der Waals surface area contributed by atoms with Crippen molar-refractivity contribution in [1.29, 1.82) is 0 Å². The number of ether oxygens (including phenoxy) is 1. The van der Waals surface area contributed by atoms with Crippen molar-refractivity contribution < 1.29 is 14.3 Å². The lowest BCUT2D eigenvalue weighted by molar-refractivity contribution is -0.114. The summed E-state index contributed by atoms with van der Waals surface area (Å²) in [6, 6.07) is 12.3. The Morgan fingerprint density at radius 3 is 2.28 bits per heavy atom. The first kappa shape index (κ1) is 19.6. The molecule has 0 atom stereocenters. The molecule has 0 unspecified atom stereocenters. The van der Waals surface area contributed by atoms with Crippen LogP contribution in [0.1, 0.15) is 0 Å². The van der Waals surface area contributed by atoms with Gasteiger partial charge in [0, 0.05) is 15.8 Å². The third-order valence-corrected chi connectivity index (χ3v) is 4.73. The molecule has 0 aliphatic carbocycles. The lowest BCUT2D eigenvalue weighted by Gasteiger charge is -2.08. The van der Waals surface area contributed by atoms with Crippen LogP contribution in [0.25, 0.3) is 0 Å². The van der Waals surface area contributed by atoms with Crippen molar-refractivity contribution in [3.63, 3.8) is 0 Å². The molecule has 0 heterocycles. The summed E-state index contributed by atoms with van der Waals surface area (Å²) in [5, 5.41) is 5.92. The fraction of sp³-hybridized carbons (Fsp3) is 0.176. The number of rotatable bonds is 7. The van der Waals surface area contributed by atoms with E-state index in [1.54, 1.807) is 24.3 Å². The molecule has 0 spiro atoms. The molecule has 2 aromatic carbocycles. The molecule has 2 N–H and O–H groups in total. The lowest BCUT2D eigenvalue weighted by Crippen LogP contribution is -2.18. The molecule has 132 valence electrons. The highest BCUT2D eigenvalue weighted by atomic mass is 79.9. The van der Waals surface area contributed by atoms with Gasteiger partial charge in [-0.2, -0.15) is 0 Å². The van der Waals surface area contributed by atoms with Crippen molar-refractivity contribution in [2.45, 2.75) is 0 Å². The van der Waals surface area contributed by atoms with Gasteiger partial charge in [0.2, 0.25) is 11.8 Å². The van der Waals surface area contributed by atoms with Gasteiger partial charge in [0.25, 0.3) is 0 Å². The average Bonchev–Trinajstić information content (AvgIpc) is 2.55. The van der Waals surface area contributed by atoms with Gasteiger partial charge in [-0.05, 0) is 36.4 Å². The summed E-state index contributed by atoms with van der Waals surface area (Å²) >= 11 is 10.6. The van der Waals surface area contributed by atoms with Gasteiger partial charge in [-0.25, -0.2) is 0 Å². The van der Waals surface area contributed by atoms with Gasteiger partial charge < -0.3 is 15.4 Å². The smallest absolute Gasteiger partial charge is 0.234 e. The molecule has 0 fully saturated rings. The SMILES string of the molecule is COc1ccc(NC(=O)CSCC(=O)Nc2cccc(Br)c2)cc1Cl. The van der Waals surface area contributed by atoms with E-state index in [4.69, 9.17) is 16.3 Å². The van der Waals surface area contributed by atoms with Crippen LogP contribution in [-0.2, 0) is 9.59 Å². The van der Waals surface area contributed by atoms with Crippen molar-refractivity contribution in [3.8, 4) is 5.75 Å². The Morgan fingerprint density at radius 1 is 1.08 bits per heavy atom. The third kappa shape index (κ3) is 6.61. The monoisotopic (exact) mass is 442 g/mol. The first-order valence-corrected chi connectivity index (χ1v) is 9.57. The molecule has 0 aliphatic heterocycles. The minimum absolute atomic E-state index is 0.162. The summed E-state index contributed by atoms with van der Waals surface area (Å²) in [7, 11) is 1.52. The average molecular weight is 444 g/mol. The van der Waals surface area contributed by atoms with E-state index in [2.05, 4.69) is 26.6 Å². The molecule has 0 bridgehead atoms. The predicted octanol–water partition coefficient (Wildman–Crippen LogP) is 4.42. The standard InChI is InChI=1S/C17H16BrClN2O3S/c1-24-15-6-5-13(8-14(15)19)21-17(23)10-25-9-16(22)20-12-4-2-3-11(18)7-12/h2-8H,9-10H2,1H3,(H,20,22)(H,21,23). The van der Waals surface area contributed by atoms with E-state index in [0.29, 0.717) is 22.1 Å². The molecule has 0 aliphatic rings. The second-order valence-electron chi connectivity index (χ2n) is 4.95. The van der Waals surface area contributed by atoms with Crippen molar-refractivity contribution in [2.24, 2.45) is 0 Å². The maximum atomic E-state index is 11.9. The summed E-state index contributed by atoms with van der Waals surface area (Å²) in [4.78, 5) is 23.8. The maximum Gasteiger partial charge on any atom is 0.234 e. The number of methoxy groups -OCH3 is 1. The topological polar surface area (TPSA) is 67.4 Å². The largest absolute Gasteiger partial charge is 0.495 e. The van der Waals surface area contributed by atoms with E-state index in [-0.39, 0.29) is 23.3 Å². The molecule has 0 aromatic heterocycles. The first-order valence-electron chi connectivity index (χ1n) is 7.24. The van der Waals surface area contributed by atoms with Gasteiger partial charge in [0.05, 0.1) is 23.6 Å². The first-order chi connectivity index (χ1) is 12.0. The van der Waals surface area contributed by atoms with Gasteiger partial charge in [0.15, 0.2) is 0 Å². The van der Waals surface area contributed by atoms with Crippen LogP contribution in [0.4, 0.5) is 11.4 Å². The summed E-state index contributed by atoms with van der Waals surface area (Å²) < 4.78 is 5.94. The Morgan fingerprint density at radius 2 is 1.72 bits per heavy atom. The molecule has 0 saturated heterocycles. The highest BCUT2D eigenvalue weighted by molar-refractivity contribution is 9.10. The number of nitrogens with one attached hydrogen (secondary N) is 2. The third-order valence-electron chi connectivity index (χ3n) is 3.01. The van der Waals surface area contributed by atoms with Crippen LogP contribution in [0.3, 0.4) is 0 Å². The molecular weight excluding hydrogens is 428 g/mol. The van der Waals surface area contributed by atoms with Crippen LogP contribution in [0.5, 0.6) is 5.75 Å². The molecule has 25 heavy (non-hydrogen) atoms. The zero-order valence-electron chi connectivity index (χ0n) is 13.3. The van der Waals surface area contributed by atoms with E-state index in [0.717, 1.165) is 4.47 Å². The number of thioether (sulfide) groups is 1. The summed E-state index contributed by atoms with van der Waals surface area (Å²) in [5.41, 5.74) is 1.28. The lowest BCUT2D eigenvalue weighted by atomic mass is 10.3. The van der Waals surface area contributed by atoms with Crippen molar-refractivity contribution in [2.75, 3.05) is 29.2 Å². The Balaban J connectivity index is 1.74. The van der Waals surface area contributed by atoms with E-state index in [9.17, 15) is 9.59 Å². The highest BCUT2D eigenvalue weighted by Crippen LogP contribution is 2.27. The number of carbonyl (C=O) groups excluding carboxylic acids is 2. The number of anilines is 2. The Labute approximate surface area is 163 Å². The Bertz CT molecular complexity index is 773. The second-order valence-corrected chi connectivity index (χ2v) is 7.26. The number of halogens is 2. The molecule has 0 radical (unpaired) electrons. The number of amides is 2. The van der Waals surface area contributed by atoms with Crippen LogP contribution >= 0.6 is 39.3 Å². The minimum atomic E-state index is -0.207. The fourth-order valence-electron chi connectivity index (χ4n) is 1.94. The molecule has 2 amide bonds. The van der Waals surface area contributed by atoms with Crippen molar-refractivity contribution in [1.82, 2.24) is 0 Å². The normalized spacial score (nSPS) is 10.2. The van der Waals surface area contributed by atoms with E-state index < -0.39 is 0 Å². The second kappa shape index (κ2) is 9.70. The zero-order chi connectivity index (χ0) is 18.2. The zero-order valence-corrected chi connectivity index (χ0v) is 16.5. The summed E-state index contributed by atoms with van der Waals surface area (Å²) in [6.45, 7) is 0. The molecular formula is C17H16BrClN2O3S. The van der Waals surface area contributed by atoms with Crippen molar-refractivity contribution >= 4 is 62.5 Å². The Kier molecular flexibility index (Phi) is 7.61. The fourth-order valence-corrected chi connectivity index (χ4v) is 3.22. The number of hydrogen-bond acceptors (Lipinski definition) is 4. The van der Waals surface area contributed by atoms with E-state index in [1.165, 1.54) is 18.9 Å². The Hall–Kier alpha value is -1.70. The summed E-state index contributed by atoms with van der Waals surface area (Å²) in [6.07, 6.45) is 0. The van der Waals surface area contributed by atoms with Crippen LogP contribution in [0, 0.1) is 0 Å². The van der Waals surface area contributed by atoms with Gasteiger partial charge in [-0.15, -0.1) is 11.8 Å². The van der Waals surface area contributed by atoms with Gasteiger partial charge >= 0.3 is 0 Å². The molecule has 5 nitrogen and oxygen atoms in total. The predicted molar refractivity (Wildman–Crippen MR) is 107 cm³/mol. The van der Waals surface area contributed by atoms with Gasteiger partial charge in [-0.3, -0.25) is 9.59 Å². The maximum absolute atomic E-state index is 11.9. The molecule has 8 heteroatoms. The highest BCUT2D eigenvalue weighted by Gasteiger charge is 2.08. The minimum Gasteiger partial charge on any atom is -0.495 e. The van der Waals surface area contributed by atoms with E-state index in [1.807, 2.05) is 18.2 Å². The number of carbonyl (C=O) groups is 2. The molecule has 2 rings (SSSR count). The number of hydrogen-bond donors (Lipinski definition) is 2. The van der Waals surface area contributed by atoms with Crippen molar-refractivity contribution in [3.05, 3.63) is 52.0 Å². The van der Waals surface area contributed by atoms with Crippen LogP contribution in [0.2, 0.25) is 5.02 Å².